The molecule has 0 bridgehead atoms. The molecule has 3 saturated heterocycles. The van der Waals surface area contributed by atoms with Crippen molar-refractivity contribution in [2.75, 3.05) is 54.1 Å². The van der Waals surface area contributed by atoms with Crippen LogP contribution in [-0.2, 0) is 4.79 Å². The first-order valence-electron chi connectivity index (χ1n) is 16.2. The highest BCUT2D eigenvalue weighted by atomic mass is 32.2. The summed E-state index contributed by atoms with van der Waals surface area (Å²) in [4.78, 5) is 41.6. The number of nitrogens with zero attached hydrogens (tertiary/aromatic N) is 6. The van der Waals surface area contributed by atoms with Crippen molar-refractivity contribution in [2.45, 2.75) is 74.7 Å². The van der Waals surface area contributed by atoms with Crippen LogP contribution in [0.3, 0.4) is 0 Å². The molecule has 3 amide bonds. The normalized spacial score (nSPS) is 23.5. The Balaban J connectivity index is 1.20. The van der Waals surface area contributed by atoms with Crippen LogP contribution in [0.1, 0.15) is 56.9 Å². The molecule has 1 aromatic carbocycles. The molecule has 1 aromatic heterocycles. The second-order valence-corrected chi connectivity index (χ2v) is 13.7. The Morgan fingerprint density at radius 3 is 2.69 bits per heavy atom. The lowest BCUT2D eigenvalue weighted by Crippen LogP contribution is -2.44. The number of piperazine rings is 1. The van der Waals surface area contributed by atoms with Gasteiger partial charge in [-0.1, -0.05) is 19.3 Å². The van der Waals surface area contributed by atoms with E-state index in [0.29, 0.717) is 29.5 Å². The minimum absolute atomic E-state index is 0.0535. The van der Waals surface area contributed by atoms with Gasteiger partial charge in [0.05, 0.1) is 23.8 Å². The van der Waals surface area contributed by atoms with E-state index in [2.05, 4.69) is 56.0 Å². The summed E-state index contributed by atoms with van der Waals surface area (Å²) in [7, 11) is 2.15. The fourth-order valence-corrected chi connectivity index (χ4v) is 8.29. The van der Waals surface area contributed by atoms with Crippen molar-refractivity contribution < 1.29 is 9.59 Å². The summed E-state index contributed by atoms with van der Waals surface area (Å²) in [6.45, 7) is 3.98. The first-order valence-corrected chi connectivity index (χ1v) is 17.3. The zero-order valence-corrected chi connectivity index (χ0v) is 26.8. The number of thioether (sulfide) groups is 1. The maximum Gasteiger partial charge on any atom is 0.315 e. The van der Waals surface area contributed by atoms with Crippen molar-refractivity contribution in [3.63, 3.8) is 0 Å². The Kier molecular flexibility index (Phi) is 10.1. The number of likely N-dealkylation sites (N-methyl/N-ethyl adjacent to an activating group) is 1. The minimum atomic E-state index is -0.0734. The highest BCUT2D eigenvalue weighted by Gasteiger charge is 2.42. The first kappa shape index (κ1) is 31.2. The predicted octanol–water partition coefficient (Wildman–Crippen LogP) is 4.51. The summed E-state index contributed by atoms with van der Waals surface area (Å²) in [5.74, 6) is 1.85. The van der Waals surface area contributed by atoms with Gasteiger partial charge in [-0.05, 0) is 63.1 Å². The third kappa shape index (κ3) is 7.53. The maximum absolute atomic E-state index is 14.0. The summed E-state index contributed by atoms with van der Waals surface area (Å²) < 4.78 is 0. The van der Waals surface area contributed by atoms with Gasteiger partial charge >= 0.3 is 6.03 Å². The van der Waals surface area contributed by atoms with Gasteiger partial charge in [-0.3, -0.25) is 4.79 Å². The molecule has 45 heavy (non-hydrogen) atoms. The van der Waals surface area contributed by atoms with E-state index in [0.717, 1.165) is 81.0 Å². The number of hydrogen-bond acceptors (Lipinski definition) is 9. The number of fused-ring (bicyclic) bond motifs is 1. The van der Waals surface area contributed by atoms with Gasteiger partial charge in [0.1, 0.15) is 5.82 Å². The zero-order chi connectivity index (χ0) is 31.2. The van der Waals surface area contributed by atoms with Gasteiger partial charge in [0, 0.05) is 73.2 Å². The van der Waals surface area contributed by atoms with Crippen molar-refractivity contribution in [2.24, 2.45) is 0 Å². The molecule has 4 fully saturated rings. The number of carbonyl (C=O) groups excluding carboxylic acids is 2. The lowest BCUT2D eigenvalue weighted by Gasteiger charge is -2.34. The monoisotopic (exact) mass is 629 g/mol. The number of nitrogens with one attached hydrogen (secondary N) is 3. The molecule has 12 heteroatoms. The number of carbonyl (C=O) groups is 2. The van der Waals surface area contributed by atoms with Crippen LogP contribution < -0.4 is 25.8 Å². The van der Waals surface area contributed by atoms with Crippen molar-refractivity contribution in [1.29, 1.82) is 5.26 Å². The van der Waals surface area contributed by atoms with Gasteiger partial charge in [0.15, 0.2) is 0 Å². The molecule has 3 N–H and O–H groups in total. The van der Waals surface area contributed by atoms with Crippen LogP contribution in [0, 0.1) is 11.3 Å². The van der Waals surface area contributed by atoms with Crippen molar-refractivity contribution >= 4 is 52.9 Å². The number of allylic oxidation sites excluding steroid dienone is 1. The standard InChI is InChI=1S/C33H43N9O2S/c1-40-17-19-41(20-18-40)25-12-14-26(15-13-25)42(29(43)11-5-4-10-28-30-27(22-45-28)37-33(44)38-30)32-35-21-23(7-6-16-34)31(39-32)36-24-8-2-3-9-24/h6-7,12-15,21,24,27-28,30H,2-5,8-11,17-20,22H2,1H3,(H,35,36,39)(H2,37,38,44)/t27-,28-,30-/m0/s1. The summed E-state index contributed by atoms with van der Waals surface area (Å²) in [5.41, 5.74) is 2.60. The Morgan fingerprint density at radius 2 is 1.93 bits per heavy atom. The number of benzene rings is 1. The van der Waals surface area contributed by atoms with Gasteiger partial charge < -0.3 is 25.8 Å². The Labute approximate surface area is 269 Å². The van der Waals surface area contributed by atoms with Gasteiger partial charge in [-0.25, -0.2) is 14.7 Å². The topological polar surface area (TPSA) is 130 Å². The third-order valence-electron chi connectivity index (χ3n) is 9.33. The number of rotatable bonds is 11. The third-order valence-corrected chi connectivity index (χ3v) is 10.8. The zero-order valence-electron chi connectivity index (χ0n) is 26.0. The summed E-state index contributed by atoms with van der Waals surface area (Å²) in [6, 6.07) is 10.8. The number of urea groups is 1. The first-order chi connectivity index (χ1) is 22.0. The Hall–Kier alpha value is -3.82. The molecule has 3 atom stereocenters. The molecule has 1 aliphatic carbocycles. The maximum atomic E-state index is 14.0. The second-order valence-electron chi connectivity index (χ2n) is 12.5. The van der Waals surface area contributed by atoms with Gasteiger partial charge in [-0.2, -0.15) is 22.0 Å². The van der Waals surface area contributed by atoms with Crippen LogP contribution >= 0.6 is 11.8 Å². The molecule has 0 radical (unpaired) electrons. The van der Waals surface area contributed by atoms with Gasteiger partial charge in [-0.15, -0.1) is 0 Å². The average molecular weight is 630 g/mol. The fourth-order valence-electron chi connectivity index (χ4n) is 6.74. The fraction of sp³-hybridized carbons (Fsp3) is 0.545. The quantitative estimate of drug-likeness (QED) is 0.187. The van der Waals surface area contributed by atoms with E-state index < -0.39 is 0 Å². The molecule has 238 valence electrons. The van der Waals surface area contributed by atoms with E-state index in [4.69, 9.17) is 10.2 Å². The van der Waals surface area contributed by atoms with Crippen LogP contribution in [0.15, 0.2) is 36.5 Å². The summed E-state index contributed by atoms with van der Waals surface area (Å²) in [6.07, 6.45) is 12.3. The van der Waals surface area contributed by atoms with Crippen molar-refractivity contribution in [1.82, 2.24) is 25.5 Å². The van der Waals surface area contributed by atoms with Crippen LogP contribution in [-0.4, -0.2) is 89.2 Å². The molecule has 3 aliphatic heterocycles. The lowest BCUT2D eigenvalue weighted by molar-refractivity contribution is -0.118. The van der Waals surface area contributed by atoms with Gasteiger partial charge in [0.25, 0.3) is 0 Å². The summed E-state index contributed by atoms with van der Waals surface area (Å²) >= 11 is 1.90. The molecule has 0 unspecified atom stereocenters. The number of aromatic nitrogens is 2. The lowest BCUT2D eigenvalue weighted by atomic mass is 10.0. The highest BCUT2D eigenvalue weighted by Crippen LogP contribution is 2.34. The van der Waals surface area contributed by atoms with E-state index in [9.17, 15) is 9.59 Å². The van der Waals surface area contributed by atoms with Crippen LogP contribution in [0.25, 0.3) is 6.08 Å². The highest BCUT2D eigenvalue weighted by molar-refractivity contribution is 8.00. The Bertz CT molecular complexity index is 1410. The molecule has 4 heterocycles. The number of hydrogen-bond donors (Lipinski definition) is 3. The van der Waals surface area contributed by atoms with E-state index in [-0.39, 0.29) is 24.0 Å². The number of anilines is 4. The van der Waals surface area contributed by atoms with E-state index >= 15 is 0 Å². The predicted molar refractivity (Wildman–Crippen MR) is 180 cm³/mol. The molecule has 0 spiro atoms. The van der Waals surface area contributed by atoms with E-state index in [1.54, 1.807) is 17.2 Å². The molecule has 4 aliphatic rings. The van der Waals surface area contributed by atoms with Crippen molar-refractivity contribution in [3.8, 4) is 6.07 Å². The van der Waals surface area contributed by atoms with E-state index in [1.807, 2.05) is 23.9 Å². The molecule has 1 saturated carbocycles. The smallest absolute Gasteiger partial charge is 0.315 e. The molecular formula is C33H43N9O2S. The molecule has 11 nitrogen and oxygen atoms in total. The van der Waals surface area contributed by atoms with Crippen LogP contribution in [0.2, 0.25) is 0 Å². The average Bonchev–Trinajstić information content (AvgIpc) is 3.78. The van der Waals surface area contributed by atoms with Gasteiger partial charge in [0.2, 0.25) is 11.9 Å². The van der Waals surface area contributed by atoms with Crippen molar-refractivity contribution in [3.05, 3.63) is 42.1 Å². The van der Waals surface area contributed by atoms with E-state index in [1.165, 1.54) is 18.9 Å². The minimum Gasteiger partial charge on any atom is -0.369 e. The number of nitriles is 1. The van der Waals surface area contributed by atoms with Crippen LogP contribution in [0.4, 0.5) is 27.9 Å². The number of unbranched alkanes of at least 4 members (excludes halogenated alkanes) is 1. The Morgan fingerprint density at radius 1 is 1.16 bits per heavy atom. The largest absolute Gasteiger partial charge is 0.369 e. The number of amides is 3. The second kappa shape index (κ2) is 14.5. The summed E-state index contributed by atoms with van der Waals surface area (Å²) in [5, 5.41) is 19.1. The molecule has 6 rings (SSSR count). The SMILES string of the molecule is CN1CCN(c2ccc(N(C(=O)CCCC[C@@H]3SC[C@@H]4NC(=O)N[C@@H]43)c3ncc(C=CC#N)c(NC4CCCC4)n3)cc2)CC1. The molecular weight excluding hydrogens is 586 g/mol. The molecule has 2 aromatic rings. The van der Waals surface area contributed by atoms with Crippen LogP contribution in [0.5, 0.6) is 0 Å².